The summed E-state index contributed by atoms with van der Waals surface area (Å²) in [5.74, 6) is -0.235. The lowest BCUT2D eigenvalue weighted by atomic mass is 10.0. The normalized spacial score (nSPS) is 15.9. The number of amides is 1. The summed E-state index contributed by atoms with van der Waals surface area (Å²) in [4.78, 5) is 23.0. The molecule has 1 heterocycles. The van der Waals surface area contributed by atoms with Gasteiger partial charge >= 0.3 is 5.97 Å². The summed E-state index contributed by atoms with van der Waals surface area (Å²) in [7, 11) is 1.62. The number of carbonyl (C=O) groups excluding carboxylic acids is 1. The van der Waals surface area contributed by atoms with Crippen molar-refractivity contribution >= 4 is 11.9 Å². The Bertz CT molecular complexity index is 516. The van der Waals surface area contributed by atoms with Crippen molar-refractivity contribution in [2.75, 3.05) is 13.7 Å². The molecule has 0 atom stereocenters. The van der Waals surface area contributed by atoms with E-state index in [1.165, 1.54) is 6.07 Å². The summed E-state index contributed by atoms with van der Waals surface area (Å²) in [6.45, 7) is 2.37. The molecule has 1 aromatic heterocycles. The van der Waals surface area contributed by atoms with Crippen LogP contribution in [-0.4, -0.2) is 30.7 Å². The number of aromatic carboxylic acids is 1. The van der Waals surface area contributed by atoms with Crippen LogP contribution < -0.4 is 5.32 Å². The predicted molar refractivity (Wildman–Crippen MR) is 70.4 cm³/mol. The van der Waals surface area contributed by atoms with Crippen molar-refractivity contribution in [3.63, 3.8) is 0 Å². The third-order valence-electron chi connectivity index (χ3n) is 3.74. The minimum Gasteiger partial charge on any atom is -0.478 e. The summed E-state index contributed by atoms with van der Waals surface area (Å²) in [6.07, 6.45) is 2.46. The number of carboxylic acid groups (broad SMARTS) is 1. The number of carbonyl (C=O) groups is 2. The molecule has 1 aliphatic carbocycles. The Morgan fingerprint density at radius 1 is 1.50 bits per heavy atom. The molecular formula is C14H19NO5. The van der Waals surface area contributed by atoms with Gasteiger partial charge in [-0.05, 0) is 32.3 Å². The fourth-order valence-electron chi connectivity index (χ4n) is 2.24. The quantitative estimate of drug-likeness (QED) is 0.794. The van der Waals surface area contributed by atoms with Crippen LogP contribution >= 0.6 is 0 Å². The summed E-state index contributed by atoms with van der Waals surface area (Å²) in [6, 6.07) is 1.45. The van der Waals surface area contributed by atoms with Crippen LogP contribution in [0.2, 0.25) is 0 Å². The van der Waals surface area contributed by atoms with Crippen molar-refractivity contribution in [3.05, 3.63) is 23.2 Å². The first kappa shape index (κ1) is 14.6. The first-order valence-electron chi connectivity index (χ1n) is 6.58. The van der Waals surface area contributed by atoms with Gasteiger partial charge in [0.2, 0.25) is 5.91 Å². The Balaban J connectivity index is 1.91. The second-order valence-corrected chi connectivity index (χ2v) is 5.19. The topological polar surface area (TPSA) is 88.8 Å². The second-order valence-electron chi connectivity index (χ2n) is 5.19. The number of hydrogen-bond acceptors (Lipinski definition) is 4. The highest BCUT2D eigenvalue weighted by atomic mass is 16.5. The molecule has 6 nitrogen and oxygen atoms in total. The van der Waals surface area contributed by atoms with Crippen LogP contribution in [-0.2, 0) is 16.1 Å². The Morgan fingerprint density at radius 3 is 2.70 bits per heavy atom. The molecule has 0 saturated heterocycles. The molecule has 1 saturated carbocycles. The molecule has 0 radical (unpaired) electrons. The number of ether oxygens (including phenoxy) is 1. The maximum absolute atomic E-state index is 12.1. The van der Waals surface area contributed by atoms with Crippen LogP contribution in [0.1, 0.15) is 41.1 Å². The van der Waals surface area contributed by atoms with E-state index in [1.54, 1.807) is 14.0 Å². The summed E-state index contributed by atoms with van der Waals surface area (Å²) in [5, 5.41) is 11.7. The Kier molecular flexibility index (Phi) is 4.13. The van der Waals surface area contributed by atoms with Gasteiger partial charge in [-0.1, -0.05) is 0 Å². The zero-order chi connectivity index (χ0) is 14.8. The van der Waals surface area contributed by atoms with Crippen molar-refractivity contribution in [2.45, 2.75) is 32.7 Å². The van der Waals surface area contributed by atoms with Gasteiger partial charge in [-0.2, -0.15) is 0 Å². The molecule has 2 rings (SSSR count). The van der Waals surface area contributed by atoms with Gasteiger partial charge in [0.05, 0.1) is 12.0 Å². The van der Waals surface area contributed by atoms with Gasteiger partial charge in [-0.15, -0.1) is 0 Å². The zero-order valence-electron chi connectivity index (χ0n) is 11.7. The minimum absolute atomic E-state index is 0.0134. The van der Waals surface area contributed by atoms with Gasteiger partial charge in [0.1, 0.15) is 17.1 Å². The number of furan rings is 1. The SMILES string of the molecule is COCCC1(C(=O)NCc2cc(C(=O)O)c(C)o2)CC1. The van der Waals surface area contributed by atoms with Crippen molar-refractivity contribution in [2.24, 2.45) is 5.41 Å². The van der Waals surface area contributed by atoms with Crippen molar-refractivity contribution < 1.29 is 23.8 Å². The molecule has 0 unspecified atom stereocenters. The highest BCUT2D eigenvalue weighted by Gasteiger charge is 2.49. The number of aryl methyl sites for hydroxylation is 1. The lowest BCUT2D eigenvalue weighted by Crippen LogP contribution is -2.32. The van der Waals surface area contributed by atoms with Crippen LogP contribution in [0.25, 0.3) is 0 Å². The van der Waals surface area contributed by atoms with Gasteiger partial charge in [0, 0.05) is 13.7 Å². The highest BCUT2D eigenvalue weighted by Crippen LogP contribution is 2.49. The maximum Gasteiger partial charge on any atom is 0.339 e. The maximum atomic E-state index is 12.1. The standard InChI is InChI=1S/C14H19NO5/c1-9-11(12(16)17)7-10(20-9)8-15-13(18)14(3-4-14)5-6-19-2/h7H,3-6,8H2,1-2H3,(H,15,18)(H,16,17). The van der Waals surface area contributed by atoms with Gasteiger partial charge in [-0.3, -0.25) is 4.79 Å². The molecule has 0 aromatic carbocycles. The van der Waals surface area contributed by atoms with E-state index in [-0.39, 0.29) is 23.4 Å². The summed E-state index contributed by atoms with van der Waals surface area (Å²) in [5.41, 5.74) is -0.164. The summed E-state index contributed by atoms with van der Waals surface area (Å²) >= 11 is 0. The van der Waals surface area contributed by atoms with E-state index in [1.807, 2.05) is 0 Å². The van der Waals surface area contributed by atoms with E-state index in [2.05, 4.69) is 5.32 Å². The molecule has 1 aromatic rings. The van der Waals surface area contributed by atoms with Crippen LogP contribution in [0, 0.1) is 12.3 Å². The monoisotopic (exact) mass is 281 g/mol. The second kappa shape index (κ2) is 5.66. The average molecular weight is 281 g/mol. The summed E-state index contributed by atoms with van der Waals surface area (Å²) < 4.78 is 10.3. The van der Waals surface area contributed by atoms with Crippen molar-refractivity contribution in [1.82, 2.24) is 5.32 Å². The van der Waals surface area contributed by atoms with E-state index in [4.69, 9.17) is 14.3 Å². The molecule has 0 aliphatic heterocycles. The fraction of sp³-hybridized carbons (Fsp3) is 0.571. The predicted octanol–water partition coefficient (Wildman–Crippen LogP) is 1.72. The first-order chi connectivity index (χ1) is 9.48. The van der Waals surface area contributed by atoms with Gasteiger partial charge in [0.15, 0.2) is 0 Å². The molecule has 6 heteroatoms. The van der Waals surface area contributed by atoms with Crippen LogP contribution in [0.4, 0.5) is 0 Å². The van der Waals surface area contributed by atoms with E-state index in [9.17, 15) is 9.59 Å². The molecule has 110 valence electrons. The van der Waals surface area contributed by atoms with Gasteiger partial charge < -0.3 is 19.6 Å². The number of carboxylic acids is 1. The number of nitrogens with one attached hydrogen (secondary N) is 1. The molecule has 0 bridgehead atoms. The fourth-order valence-corrected chi connectivity index (χ4v) is 2.24. The molecule has 1 amide bonds. The lowest BCUT2D eigenvalue weighted by molar-refractivity contribution is -0.127. The Labute approximate surface area is 117 Å². The number of hydrogen-bond donors (Lipinski definition) is 2. The largest absolute Gasteiger partial charge is 0.478 e. The molecular weight excluding hydrogens is 262 g/mol. The number of rotatable bonds is 7. The highest BCUT2D eigenvalue weighted by molar-refractivity contribution is 5.89. The van der Waals surface area contributed by atoms with Crippen LogP contribution in [0.3, 0.4) is 0 Å². The van der Waals surface area contributed by atoms with Crippen molar-refractivity contribution in [1.29, 1.82) is 0 Å². The van der Waals surface area contributed by atoms with Crippen LogP contribution in [0.15, 0.2) is 10.5 Å². The van der Waals surface area contributed by atoms with E-state index in [0.29, 0.717) is 24.5 Å². The third kappa shape index (κ3) is 3.01. The third-order valence-corrected chi connectivity index (χ3v) is 3.74. The average Bonchev–Trinajstić information content (AvgIpc) is 3.11. The number of methoxy groups -OCH3 is 1. The van der Waals surface area contributed by atoms with Gasteiger partial charge in [-0.25, -0.2) is 4.79 Å². The van der Waals surface area contributed by atoms with Crippen molar-refractivity contribution in [3.8, 4) is 0 Å². The minimum atomic E-state index is -1.03. The van der Waals surface area contributed by atoms with E-state index in [0.717, 1.165) is 12.8 Å². The lowest BCUT2D eigenvalue weighted by Gasteiger charge is -2.13. The Morgan fingerprint density at radius 2 is 2.20 bits per heavy atom. The smallest absolute Gasteiger partial charge is 0.339 e. The van der Waals surface area contributed by atoms with E-state index >= 15 is 0 Å². The van der Waals surface area contributed by atoms with Crippen LogP contribution in [0.5, 0.6) is 0 Å². The molecule has 1 fully saturated rings. The molecule has 1 aliphatic rings. The Hall–Kier alpha value is -1.82. The molecule has 2 N–H and O–H groups in total. The molecule has 0 spiro atoms. The zero-order valence-corrected chi connectivity index (χ0v) is 11.7. The van der Waals surface area contributed by atoms with Gasteiger partial charge in [0.25, 0.3) is 0 Å². The molecule has 20 heavy (non-hydrogen) atoms. The van der Waals surface area contributed by atoms with E-state index < -0.39 is 5.97 Å². The first-order valence-corrected chi connectivity index (χ1v) is 6.58.